The fraction of sp³-hybridized carbons (Fsp3) is 0.476. The molecule has 1 aromatic carbocycles. The number of carboxylic acid groups (broad SMARTS) is 1. The molecule has 0 fully saturated rings. The number of hydrogen-bond donors (Lipinski definition) is 2. The highest BCUT2D eigenvalue weighted by molar-refractivity contribution is 7.16. The van der Waals surface area contributed by atoms with Crippen molar-refractivity contribution in [1.29, 1.82) is 0 Å². The first kappa shape index (κ1) is 18.0. The Labute approximate surface area is 154 Å². The van der Waals surface area contributed by atoms with Crippen LogP contribution in [0.3, 0.4) is 0 Å². The first-order valence-electron chi connectivity index (χ1n) is 8.93. The molecule has 134 valence electrons. The van der Waals surface area contributed by atoms with Crippen molar-refractivity contribution in [2.24, 2.45) is 0 Å². The Hall–Kier alpha value is -1.81. The molecule has 0 saturated carbocycles. The lowest BCUT2D eigenvalue weighted by atomic mass is 9.65. The van der Waals surface area contributed by atoms with Gasteiger partial charge < -0.3 is 10.4 Å². The van der Waals surface area contributed by atoms with E-state index in [4.69, 9.17) is 5.11 Å². The Balaban J connectivity index is 2.03. The number of hydrogen-bond acceptors (Lipinski definition) is 3. The van der Waals surface area contributed by atoms with Crippen LogP contribution in [0.4, 0.5) is 10.7 Å². The van der Waals surface area contributed by atoms with E-state index in [1.807, 2.05) is 23.5 Å². The van der Waals surface area contributed by atoms with Gasteiger partial charge in [0, 0.05) is 10.6 Å². The molecule has 2 N–H and O–H groups in total. The summed E-state index contributed by atoms with van der Waals surface area (Å²) < 4.78 is 0. The number of rotatable bonds is 4. The lowest BCUT2D eigenvalue weighted by molar-refractivity contribution is 0.0697. The maximum atomic E-state index is 11.0. The van der Waals surface area contributed by atoms with Crippen LogP contribution in [0.1, 0.15) is 73.8 Å². The van der Waals surface area contributed by atoms with Gasteiger partial charge in [0.05, 0.1) is 10.6 Å². The summed E-state index contributed by atoms with van der Waals surface area (Å²) in [6.45, 7) is 11.6. The van der Waals surface area contributed by atoms with Crippen molar-refractivity contribution in [3.05, 3.63) is 45.8 Å². The molecule has 0 aliphatic heterocycles. The molecule has 1 aromatic heterocycles. The van der Waals surface area contributed by atoms with E-state index in [2.05, 4.69) is 39.9 Å². The van der Waals surface area contributed by atoms with E-state index in [-0.39, 0.29) is 10.8 Å². The zero-order valence-corrected chi connectivity index (χ0v) is 16.5. The predicted molar refractivity (Wildman–Crippen MR) is 106 cm³/mol. The molecule has 0 atom stereocenters. The lowest BCUT2D eigenvalue weighted by Gasteiger charge is -2.40. The summed E-state index contributed by atoms with van der Waals surface area (Å²) in [6, 6.07) is 6.99. The summed E-state index contributed by atoms with van der Waals surface area (Å²) in [5.74, 6) is -0.893. The van der Waals surface area contributed by atoms with Gasteiger partial charge in [-0.15, -0.1) is 11.3 Å². The average Bonchev–Trinajstić information content (AvgIpc) is 2.93. The third-order valence-corrected chi connectivity index (χ3v) is 6.93. The molecular weight excluding hydrogens is 330 g/mol. The number of anilines is 2. The average molecular weight is 358 g/mol. The van der Waals surface area contributed by atoms with E-state index in [9.17, 15) is 4.79 Å². The molecular formula is C21H27NO2S. The van der Waals surface area contributed by atoms with Gasteiger partial charge in [-0.05, 0) is 65.5 Å². The standard InChI is InChI=1S/C21H27NO2S/c1-6-15-16-17(21(4,5)12-11-20(16,2)3)25-18(15)22-14-9-7-13(8-10-14)19(23)24/h7-10,22H,6,11-12H2,1-5H3,(H,23,24). The number of thiophene rings is 1. The maximum Gasteiger partial charge on any atom is 0.335 e. The molecule has 1 aliphatic carbocycles. The van der Waals surface area contributed by atoms with E-state index in [0.29, 0.717) is 5.56 Å². The Kier molecular flexibility index (Phi) is 4.44. The SMILES string of the molecule is CCc1c(Nc2ccc(C(=O)O)cc2)sc2c1C(C)(C)CCC2(C)C. The minimum Gasteiger partial charge on any atom is -0.478 e. The number of carbonyl (C=O) groups is 1. The van der Waals surface area contributed by atoms with Crippen molar-refractivity contribution in [3.8, 4) is 0 Å². The van der Waals surface area contributed by atoms with Crippen LogP contribution in [0.15, 0.2) is 24.3 Å². The Bertz CT molecular complexity index is 800. The van der Waals surface area contributed by atoms with Gasteiger partial charge in [0.1, 0.15) is 0 Å². The van der Waals surface area contributed by atoms with Crippen molar-refractivity contribution in [3.63, 3.8) is 0 Å². The van der Waals surface area contributed by atoms with Gasteiger partial charge in [-0.3, -0.25) is 0 Å². The topological polar surface area (TPSA) is 49.3 Å². The molecule has 25 heavy (non-hydrogen) atoms. The minimum absolute atomic E-state index is 0.208. The molecule has 1 heterocycles. The molecule has 0 amide bonds. The summed E-state index contributed by atoms with van der Waals surface area (Å²) in [4.78, 5) is 12.5. The predicted octanol–water partition coefficient (Wildman–Crippen LogP) is 6.10. The van der Waals surface area contributed by atoms with Crippen LogP contribution in [0.2, 0.25) is 0 Å². The monoisotopic (exact) mass is 357 g/mol. The van der Waals surface area contributed by atoms with Gasteiger partial charge in [-0.2, -0.15) is 0 Å². The van der Waals surface area contributed by atoms with Crippen LogP contribution < -0.4 is 5.32 Å². The highest BCUT2D eigenvalue weighted by atomic mass is 32.1. The van der Waals surface area contributed by atoms with Crippen LogP contribution in [-0.2, 0) is 17.3 Å². The number of fused-ring (bicyclic) bond motifs is 1. The van der Waals surface area contributed by atoms with Crippen molar-refractivity contribution >= 4 is 28.0 Å². The van der Waals surface area contributed by atoms with E-state index in [1.165, 1.54) is 33.8 Å². The summed E-state index contributed by atoms with van der Waals surface area (Å²) in [6.07, 6.45) is 3.42. The van der Waals surface area contributed by atoms with Gasteiger partial charge in [-0.1, -0.05) is 34.6 Å². The minimum atomic E-state index is -0.893. The van der Waals surface area contributed by atoms with E-state index < -0.39 is 5.97 Å². The third kappa shape index (κ3) is 3.20. The van der Waals surface area contributed by atoms with Crippen LogP contribution in [0.5, 0.6) is 0 Å². The molecule has 0 unspecified atom stereocenters. The second kappa shape index (κ2) is 6.17. The maximum absolute atomic E-state index is 11.0. The number of aromatic carboxylic acids is 1. The molecule has 1 aliphatic rings. The molecule has 3 rings (SSSR count). The lowest BCUT2D eigenvalue weighted by Crippen LogP contribution is -2.32. The summed E-state index contributed by atoms with van der Waals surface area (Å²) >= 11 is 1.87. The van der Waals surface area contributed by atoms with Gasteiger partial charge in [0.15, 0.2) is 0 Å². The highest BCUT2D eigenvalue weighted by Crippen LogP contribution is 2.53. The summed E-state index contributed by atoms with van der Waals surface area (Å²) in [5, 5.41) is 13.8. The van der Waals surface area contributed by atoms with Crippen molar-refractivity contribution in [1.82, 2.24) is 0 Å². The van der Waals surface area contributed by atoms with Crippen molar-refractivity contribution in [2.45, 2.75) is 64.7 Å². The molecule has 0 radical (unpaired) electrons. The van der Waals surface area contributed by atoms with Crippen LogP contribution in [0.25, 0.3) is 0 Å². The molecule has 0 saturated heterocycles. The Morgan fingerprint density at radius 2 is 1.72 bits per heavy atom. The van der Waals surface area contributed by atoms with Crippen molar-refractivity contribution in [2.75, 3.05) is 5.32 Å². The van der Waals surface area contributed by atoms with E-state index >= 15 is 0 Å². The van der Waals surface area contributed by atoms with Crippen molar-refractivity contribution < 1.29 is 9.90 Å². The van der Waals surface area contributed by atoms with Gasteiger partial charge in [0.2, 0.25) is 0 Å². The van der Waals surface area contributed by atoms with E-state index in [1.54, 1.807) is 12.1 Å². The normalized spacial score (nSPS) is 17.8. The van der Waals surface area contributed by atoms with Crippen LogP contribution in [0, 0.1) is 0 Å². The van der Waals surface area contributed by atoms with E-state index in [0.717, 1.165) is 12.1 Å². The first-order chi connectivity index (χ1) is 11.7. The largest absolute Gasteiger partial charge is 0.478 e. The smallest absolute Gasteiger partial charge is 0.335 e. The fourth-order valence-corrected chi connectivity index (χ4v) is 5.41. The number of nitrogens with one attached hydrogen (secondary N) is 1. The zero-order chi connectivity index (χ0) is 18.4. The quantitative estimate of drug-likeness (QED) is 0.695. The molecule has 0 bridgehead atoms. The number of benzene rings is 1. The molecule has 0 spiro atoms. The Morgan fingerprint density at radius 1 is 1.12 bits per heavy atom. The zero-order valence-electron chi connectivity index (χ0n) is 15.7. The van der Waals surface area contributed by atoms with Crippen LogP contribution in [-0.4, -0.2) is 11.1 Å². The molecule has 2 aromatic rings. The van der Waals surface area contributed by atoms with Gasteiger partial charge in [-0.25, -0.2) is 4.79 Å². The van der Waals surface area contributed by atoms with Crippen LogP contribution >= 0.6 is 11.3 Å². The third-order valence-electron chi connectivity index (χ3n) is 5.42. The fourth-order valence-electron chi connectivity index (χ4n) is 3.79. The van der Waals surface area contributed by atoms with Gasteiger partial charge in [0.25, 0.3) is 0 Å². The van der Waals surface area contributed by atoms with Gasteiger partial charge >= 0.3 is 5.97 Å². The number of carboxylic acids is 1. The highest BCUT2D eigenvalue weighted by Gasteiger charge is 2.41. The summed E-state index contributed by atoms with van der Waals surface area (Å²) in [5.41, 5.74) is 4.62. The second-order valence-corrected chi connectivity index (χ2v) is 9.26. The first-order valence-corrected chi connectivity index (χ1v) is 9.74. The Morgan fingerprint density at radius 3 is 2.28 bits per heavy atom. The summed E-state index contributed by atoms with van der Waals surface area (Å²) in [7, 11) is 0. The second-order valence-electron chi connectivity index (χ2n) is 8.24. The molecule has 3 nitrogen and oxygen atoms in total. The molecule has 4 heteroatoms.